The number of halogens is 1. The number of hydrogen-bond acceptors (Lipinski definition) is 4. The third-order valence-corrected chi connectivity index (χ3v) is 2.35. The molecule has 0 spiro atoms. The maximum Gasteiger partial charge on any atom is 0.200 e. The second kappa shape index (κ2) is 5.55. The molecular formula is C11H16FNO3. The standard InChI is InChI=1S/C11H16FNO3/c1-15-9-5-7(8(13)3-4-12)6-10(16-2)11(9)14/h5-6,8,14H,3-4,13H2,1-2H3/t8-/m1/s1. The number of rotatable bonds is 5. The Morgan fingerprint density at radius 2 is 1.81 bits per heavy atom. The molecule has 0 radical (unpaired) electrons. The number of hydrogen-bond donors (Lipinski definition) is 2. The number of methoxy groups -OCH3 is 2. The second-order valence-electron chi connectivity index (χ2n) is 3.36. The van der Waals surface area contributed by atoms with E-state index in [2.05, 4.69) is 0 Å². The Labute approximate surface area is 93.8 Å². The van der Waals surface area contributed by atoms with E-state index in [9.17, 15) is 9.50 Å². The van der Waals surface area contributed by atoms with Crippen LogP contribution in [0.2, 0.25) is 0 Å². The Kier molecular flexibility index (Phi) is 4.37. The van der Waals surface area contributed by atoms with Crippen molar-refractivity contribution in [3.63, 3.8) is 0 Å². The lowest BCUT2D eigenvalue weighted by molar-refractivity contribution is 0.338. The average molecular weight is 229 g/mol. The van der Waals surface area contributed by atoms with E-state index in [1.54, 1.807) is 12.1 Å². The number of phenols is 1. The van der Waals surface area contributed by atoms with Crippen molar-refractivity contribution in [1.82, 2.24) is 0 Å². The number of benzene rings is 1. The fourth-order valence-electron chi connectivity index (χ4n) is 1.41. The van der Waals surface area contributed by atoms with Crippen LogP contribution in [0.15, 0.2) is 12.1 Å². The van der Waals surface area contributed by atoms with Crippen molar-refractivity contribution >= 4 is 0 Å². The van der Waals surface area contributed by atoms with Gasteiger partial charge in [0, 0.05) is 6.04 Å². The molecular weight excluding hydrogens is 213 g/mol. The van der Waals surface area contributed by atoms with Gasteiger partial charge < -0.3 is 20.3 Å². The summed E-state index contributed by atoms with van der Waals surface area (Å²) in [6.07, 6.45) is 0.219. The summed E-state index contributed by atoms with van der Waals surface area (Å²) in [5.74, 6) is 0.452. The topological polar surface area (TPSA) is 64.7 Å². The van der Waals surface area contributed by atoms with E-state index in [1.165, 1.54) is 14.2 Å². The molecule has 3 N–H and O–H groups in total. The Bertz CT molecular complexity index is 332. The third-order valence-electron chi connectivity index (χ3n) is 2.35. The van der Waals surface area contributed by atoms with Gasteiger partial charge >= 0.3 is 0 Å². The van der Waals surface area contributed by atoms with Crippen molar-refractivity contribution in [2.75, 3.05) is 20.9 Å². The van der Waals surface area contributed by atoms with E-state index in [-0.39, 0.29) is 23.7 Å². The molecule has 0 unspecified atom stereocenters. The van der Waals surface area contributed by atoms with Crippen molar-refractivity contribution in [3.8, 4) is 17.2 Å². The first-order valence-corrected chi connectivity index (χ1v) is 4.90. The molecule has 1 atom stereocenters. The molecule has 0 saturated carbocycles. The summed E-state index contributed by atoms with van der Waals surface area (Å²) >= 11 is 0. The minimum absolute atomic E-state index is 0.0822. The number of aromatic hydroxyl groups is 1. The van der Waals surface area contributed by atoms with Crippen molar-refractivity contribution < 1.29 is 19.0 Å². The van der Waals surface area contributed by atoms with Gasteiger partial charge in [0.15, 0.2) is 11.5 Å². The van der Waals surface area contributed by atoms with Crippen LogP contribution >= 0.6 is 0 Å². The molecule has 1 aromatic rings. The lowest BCUT2D eigenvalue weighted by Gasteiger charge is -2.15. The first-order valence-electron chi connectivity index (χ1n) is 4.90. The predicted molar refractivity (Wildman–Crippen MR) is 58.7 cm³/mol. The van der Waals surface area contributed by atoms with Gasteiger partial charge in [-0.25, -0.2) is 0 Å². The molecule has 1 rings (SSSR count). The fourth-order valence-corrected chi connectivity index (χ4v) is 1.41. The molecule has 90 valence electrons. The van der Waals surface area contributed by atoms with Crippen LogP contribution in [0.5, 0.6) is 17.2 Å². The van der Waals surface area contributed by atoms with Crippen molar-refractivity contribution in [2.24, 2.45) is 5.73 Å². The third kappa shape index (κ3) is 2.55. The predicted octanol–water partition coefficient (Wildman–Crippen LogP) is 1.77. The van der Waals surface area contributed by atoms with Gasteiger partial charge in [-0.3, -0.25) is 4.39 Å². The zero-order valence-electron chi connectivity index (χ0n) is 9.37. The molecule has 1 aromatic carbocycles. The summed E-state index contributed by atoms with van der Waals surface area (Å²) < 4.78 is 22.1. The van der Waals surface area contributed by atoms with Crippen LogP contribution in [0.3, 0.4) is 0 Å². The van der Waals surface area contributed by atoms with Gasteiger partial charge in [0.1, 0.15) is 0 Å². The number of alkyl halides is 1. The zero-order chi connectivity index (χ0) is 12.1. The summed E-state index contributed by atoms with van der Waals surface area (Å²) in [7, 11) is 2.86. The van der Waals surface area contributed by atoms with E-state index < -0.39 is 12.7 Å². The van der Waals surface area contributed by atoms with Gasteiger partial charge in [0.25, 0.3) is 0 Å². The van der Waals surface area contributed by atoms with E-state index >= 15 is 0 Å². The molecule has 0 aromatic heterocycles. The molecule has 0 aliphatic rings. The summed E-state index contributed by atoms with van der Waals surface area (Å²) in [5.41, 5.74) is 6.44. The van der Waals surface area contributed by atoms with Gasteiger partial charge in [-0.15, -0.1) is 0 Å². The largest absolute Gasteiger partial charge is 0.502 e. The van der Waals surface area contributed by atoms with E-state index in [0.717, 1.165) is 0 Å². The van der Waals surface area contributed by atoms with Gasteiger partial charge in [0.2, 0.25) is 5.75 Å². The van der Waals surface area contributed by atoms with Crippen molar-refractivity contribution in [3.05, 3.63) is 17.7 Å². The highest BCUT2D eigenvalue weighted by molar-refractivity contribution is 5.53. The fraction of sp³-hybridized carbons (Fsp3) is 0.455. The minimum Gasteiger partial charge on any atom is -0.502 e. The summed E-state index contributed by atoms with van der Waals surface area (Å²) in [6.45, 7) is -0.493. The lowest BCUT2D eigenvalue weighted by atomic mass is 10.0. The molecule has 0 amide bonds. The molecule has 5 heteroatoms. The SMILES string of the molecule is COc1cc([C@H](N)CCF)cc(OC)c1O. The molecule has 4 nitrogen and oxygen atoms in total. The maximum atomic E-state index is 12.2. The van der Waals surface area contributed by atoms with Crippen LogP contribution in [-0.4, -0.2) is 26.0 Å². The van der Waals surface area contributed by atoms with Gasteiger partial charge in [-0.2, -0.15) is 0 Å². The van der Waals surface area contributed by atoms with Gasteiger partial charge in [-0.1, -0.05) is 0 Å². The zero-order valence-corrected chi connectivity index (χ0v) is 9.37. The van der Waals surface area contributed by atoms with Crippen LogP contribution < -0.4 is 15.2 Å². The average Bonchev–Trinajstić information content (AvgIpc) is 2.29. The Hall–Kier alpha value is -1.49. The highest BCUT2D eigenvalue weighted by Gasteiger charge is 2.14. The smallest absolute Gasteiger partial charge is 0.200 e. The highest BCUT2D eigenvalue weighted by atomic mass is 19.1. The van der Waals surface area contributed by atoms with Crippen LogP contribution in [0, 0.1) is 0 Å². The molecule has 0 fully saturated rings. The van der Waals surface area contributed by atoms with E-state index in [0.29, 0.717) is 5.56 Å². The Balaban J connectivity index is 3.11. The van der Waals surface area contributed by atoms with Crippen molar-refractivity contribution in [1.29, 1.82) is 0 Å². The van der Waals surface area contributed by atoms with E-state index in [1.807, 2.05) is 0 Å². The lowest BCUT2D eigenvalue weighted by Crippen LogP contribution is -2.11. The summed E-state index contributed by atoms with van der Waals surface area (Å²) in [6, 6.07) is 2.73. The Morgan fingerprint density at radius 3 is 2.19 bits per heavy atom. The van der Waals surface area contributed by atoms with Crippen LogP contribution in [-0.2, 0) is 0 Å². The van der Waals surface area contributed by atoms with E-state index in [4.69, 9.17) is 15.2 Å². The molecule has 0 aliphatic heterocycles. The normalized spacial score (nSPS) is 12.2. The highest BCUT2D eigenvalue weighted by Crippen LogP contribution is 2.38. The number of phenolic OH excluding ortho intramolecular Hbond substituents is 1. The van der Waals surface area contributed by atoms with Gasteiger partial charge in [0.05, 0.1) is 20.9 Å². The summed E-state index contributed by atoms with van der Waals surface area (Å²) in [4.78, 5) is 0. The van der Waals surface area contributed by atoms with Crippen molar-refractivity contribution in [2.45, 2.75) is 12.5 Å². The van der Waals surface area contributed by atoms with Crippen LogP contribution in [0.4, 0.5) is 4.39 Å². The summed E-state index contributed by atoms with van der Waals surface area (Å²) in [5, 5.41) is 9.66. The first kappa shape index (κ1) is 12.6. The molecule has 16 heavy (non-hydrogen) atoms. The molecule has 0 heterocycles. The molecule has 0 saturated heterocycles. The van der Waals surface area contributed by atoms with Crippen LogP contribution in [0.1, 0.15) is 18.0 Å². The number of ether oxygens (including phenoxy) is 2. The minimum atomic E-state index is -0.493. The second-order valence-corrected chi connectivity index (χ2v) is 3.36. The molecule has 0 bridgehead atoms. The number of nitrogens with two attached hydrogens (primary N) is 1. The monoisotopic (exact) mass is 229 g/mol. The Morgan fingerprint density at radius 1 is 1.31 bits per heavy atom. The van der Waals surface area contributed by atoms with Gasteiger partial charge in [-0.05, 0) is 24.1 Å². The first-order chi connectivity index (χ1) is 7.63. The van der Waals surface area contributed by atoms with Crippen LogP contribution in [0.25, 0.3) is 0 Å². The quantitative estimate of drug-likeness (QED) is 0.807. The molecule has 0 aliphatic carbocycles. The maximum absolute atomic E-state index is 12.2.